The van der Waals surface area contributed by atoms with Crippen molar-refractivity contribution in [3.8, 4) is 11.5 Å². The number of carbonyl (C=O) groups is 2. The van der Waals surface area contributed by atoms with Crippen LogP contribution in [-0.4, -0.2) is 38.2 Å². The Labute approximate surface area is 169 Å². The van der Waals surface area contributed by atoms with Gasteiger partial charge in [-0.1, -0.05) is 42.5 Å². The largest absolute Gasteiger partial charge is 0.493 e. The number of nitrogens with zero attached hydrogens (tertiary/aromatic N) is 1. The van der Waals surface area contributed by atoms with Crippen LogP contribution in [0.5, 0.6) is 11.5 Å². The minimum Gasteiger partial charge on any atom is -0.493 e. The Hall–Kier alpha value is -3.48. The second-order valence-electron chi connectivity index (χ2n) is 6.59. The summed E-state index contributed by atoms with van der Waals surface area (Å²) in [6.07, 6.45) is 0. The molecule has 0 radical (unpaired) electrons. The smallest absolute Gasteiger partial charge is 0.337 e. The molecule has 29 heavy (non-hydrogen) atoms. The van der Waals surface area contributed by atoms with Gasteiger partial charge in [0.1, 0.15) is 6.61 Å². The van der Waals surface area contributed by atoms with Gasteiger partial charge in [-0.3, -0.25) is 0 Å². The molecule has 1 N–H and O–H groups in total. The molecule has 1 unspecified atom stereocenters. The maximum absolute atomic E-state index is 12.5. The topological polar surface area (TPSA) is 77.1 Å². The SMILES string of the molecule is COC(=O)C1=C(C)N(C)C(=O)NC1c1cccc(OC)c1OCc1ccccc1. The molecular weight excluding hydrogens is 372 g/mol. The minimum atomic E-state index is -0.730. The van der Waals surface area contributed by atoms with Crippen molar-refractivity contribution >= 4 is 12.0 Å². The summed E-state index contributed by atoms with van der Waals surface area (Å²) in [5.41, 5.74) is 2.45. The number of nitrogens with one attached hydrogen (secondary N) is 1. The van der Waals surface area contributed by atoms with E-state index in [4.69, 9.17) is 14.2 Å². The summed E-state index contributed by atoms with van der Waals surface area (Å²) in [5.74, 6) is 0.451. The lowest BCUT2D eigenvalue weighted by Gasteiger charge is -2.33. The lowest BCUT2D eigenvalue weighted by Crippen LogP contribution is -2.46. The molecule has 0 saturated heterocycles. The first-order valence-corrected chi connectivity index (χ1v) is 9.14. The first kappa shape index (κ1) is 20.3. The van der Waals surface area contributed by atoms with Crippen LogP contribution in [-0.2, 0) is 16.1 Å². The maximum Gasteiger partial charge on any atom is 0.337 e. The van der Waals surface area contributed by atoms with Gasteiger partial charge in [0.2, 0.25) is 0 Å². The summed E-state index contributed by atoms with van der Waals surface area (Å²) in [6, 6.07) is 14.0. The standard InChI is InChI=1S/C22H24N2O5/c1-14-18(21(25)28-4)19(23-22(26)24(14)2)16-11-8-12-17(27-3)20(16)29-13-15-9-6-5-7-10-15/h5-12,19H,13H2,1-4H3,(H,23,26). The fraction of sp³-hybridized carbons (Fsp3) is 0.273. The van der Waals surface area contributed by atoms with Crippen molar-refractivity contribution in [1.82, 2.24) is 10.2 Å². The Bertz CT molecular complexity index is 939. The summed E-state index contributed by atoms with van der Waals surface area (Å²) in [4.78, 5) is 26.4. The highest BCUT2D eigenvalue weighted by Gasteiger charge is 2.36. The van der Waals surface area contributed by atoms with Gasteiger partial charge in [0.05, 0.1) is 25.8 Å². The number of amides is 2. The van der Waals surface area contributed by atoms with Crippen molar-refractivity contribution in [3.63, 3.8) is 0 Å². The van der Waals surface area contributed by atoms with Crippen LogP contribution in [0.1, 0.15) is 24.1 Å². The van der Waals surface area contributed by atoms with E-state index in [1.807, 2.05) is 30.3 Å². The fourth-order valence-electron chi connectivity index (χ4n) is 3.25. The van der Waals surface area contributed by atoms with Gasteiger partial charge in [0.15, 0.2) is 11.5 Å². The van der Waals surface area contributed by atoms with Gasteiger partial charge in [-0.15, -0.1) is 0 Å². The van der Waals surface area contributed by atoms with Crippen LogP contribution in [0.3, 0.4) is 0 Å². The molecular formula is C22H24N2O5. The zero-order valence-corrected chi connectivity index (χ0v) is 16.9. The number of hydrogen-bond acceptors (Lipinski definition) is 5. The second kappa shape index (κ2) is 8.68. The van der Waals surface area contributed by atoms with Crippen molar-refractivity contribution in [3.05, 3.63) is 70.9 Å². The van der Waals surface area contributed by atoms with Gasteiger partial charge >= 0.3 is 12.0 Å². The molecule has 0 fully saturated rings. The van der Waals surface area contributed by atoms with E-state index in [1.54, 1.807) is 39.3 Å². The molecule has 1 heterocycles. The van der Waals surface area contributed by atoms with Crippen LogP contribution in [0.2, 0.25) is 0 Å². The van der Waals surface area contributed by atoms with Crippen LogP contribution >= 0.6 is 0 Å². The highest BCUT2D eigenvalue weighted by Crippen LogP contribution is 2.40. The van der Waals surface area contributed by atoms with E-state index in [0.29, 0.717) is 34.9 Å². The van der Waals surface area contributed by atoms with Crippen LogP contribution in [0.25, 0.3) is 0 Å². The lowest BCUT2D eigenvalue weighted by atomic mass is 9.94. The minimum absolute atomic E-state index is 0.311. The number of ether oxygens (including phenoxy) is 3. The molecule has 2 aromatic rings. The molecule has 2 amide bonds. The Kier molecular flexibility index (Phi) is 6.07. The summed E-state index contributed by atoms with van der Waals surface area (Å²) >= 11 is 0. The van der Waals surface area contributed by atoms with Crippen molar-refractivity contribution in [2.75, 3.05) is 21.3 Å². The number of benzene rings is 2. The molecule has 0 bridgehead atoms. The zero-order chi connectivity index (χ0) is 21.0. The van der Waals surface area contributed by atoms with Gasteiger partial charge in [0, 0.05) is 18.3 Å². The molecule has 2 aromatic carbocycles. The number of para-hydroxylation sites is 1. The number of rotatable bonds is 6. The number of hydrogen-bond donors (Lipinski definition) is 1. The summed E-state index contributed by atoms with van der Waals surface area (Å²) in [6.45, 7) is 2.02. The van der Waals surface area contributed by atoms with Gasteiger partial charge < -0.3 is 24.4 Å². The van der Waals surface area contributed by atoms with Crippen molar-refractivity contribution in [2.24, 2.45) is 0 Å². The van der Waals surface area contributed by atoms with Gasteiger partial charge in [-0.25, -0.2) is 9.59 Å². The number of urea groups is 1. The molecule has 7 heteroatoms. The van der Waals surface area contributed by atoms with Gasteiger partial charge in [-0.2, -0.15) is 0 Å². The molecule has 152 valence electrons. The lowest BCUT2D eigenvalue weighted by molar-refractivity contribution is -0.136. The van der Waals surface area contributed by atoms with E-state index in [0.717, 1.165) is 5.56 Å². The van der Waals surface area contributed by atoms with Gasteiger partial charge in [0.25, 0.3) is 0 Å². The first-order valence-electron chi connectivity index (χ1n) is 9.14. The van der Waals surface area contributed by atoms with Crippen LogP contribution < -0.4 is 14.8 Å². The van der Waals surface area contributed by atoms with Crippen molar-refractivity contribution < 1.29 is 23.8 Å². The van der Waals surface area contributed by atoms with E-state index in [2.05, 4.69) is 5.32 Å². The highest BCUT2D eigenvalue weighted by molar-refractivity contribution is 5.95. The Morgan fingerprint density at radius 3 is 2.48 bits per heavy atom. The van der Waals surface area contributed by atoms with Gasteiger partial charge in [-0.05, 0) is 18.6 Å². The average molecular weight is 396 g/mol. The normalized spacial score (nSPS) is 16.3. The third kappa shape index (κ3) is 4.03. The Morgan fingerprint density at radius 2 is 1.83 bits per heavy atom. The van der Waals surface area contributed by atoms with E-state index in [1.165, 1.54) is 12.0 Å². The molecule has 0 saturated carbocycles. The molecule has 0 spiro atoms. The van der Waals surface area contributed by atoms with E-state index < -0.39 is 12.0 Å². The zero-order valence-electron chi connectivity index (χ0n) is 16.9. The molecule has 3 rings (SSSR count). The molecule has 0 aliphatic carbocycles. The van der Waals surface area contributed by atoms with Crippen LogP contribution in [0, 0.1) is 0 Å². The van der Waals surface area contributed by atoms with Crippen LogP contribution in [0.15, 0.2) is 59.8 Å². The molecule has 1 aliphatic rings. The third-order valence-electron chi connectivity index (χ3n) is 4.93. The Balaban J connectivity index is 2.06. The average Bonchev–Trinajstić information content (AvgIpc) is 2.75. The Morgan fingerprint density at radius 1 is 1.10 bits per heavy atom. The fourth-order valence-corrected chi connectivity index (χ4v) is 3.25. The highest BCUT2D eigenvalue weighted by atomic mass is 16.5. The monoisotopic (exact) mass is 396 g/mol. The quantitative estimate of drug-likeness (QED) is 0.757. The molecule has 7 nitrogen and oxygen atoms in total. The van der Waals surface area contributed by atoms with Crippen molar-refractivity contribution in [1.29, 1.82) is 0 Å². The van der Waals surface area contributed by atoms with E-state index in [-0.39, 0.29) is 6.03 Å². The van der Waals surface area contributed by atoms with E-state index >= 15 is 0 Å². The molecule has 1 atom stereocenters. The molecule has 1 aliphatic heterocycles. The summed E-state index contributed by atoms with van der Waals surface area (Å²) < 4.78 is 16.5. The summed E-state index contributed by atoms with van der Waals surface area (Å²) in [5, 5.41) is 2.86. The first-order chi connectivity index (χ1) is 14.0. The maximum atomic E-state index is 12.5. The number of allylic oxidation sites excluding steroid dienone is 1. The van der Waals surface area contributed by atoms with Crippen LogP contribution in [0.4, 0.5) is 4.79 Å². The number of carbonyl (C=O) groups excluding carboxylic acids is 2. The predicted molar refractivity (Wildman–Crippen MR) is 108 cm³/mol. The predicted octanol–water partition coefficient (Wildman–Crippen LogP) is 3.42. The molecule has 0 aromatic heterocycles. The number of esters is 1. The third-order valence-corrected chi connectivity index (χ3v) is 4.93. The second-order valence-corrected chi connectivity index (χ2v) is 6.59. The van der Waals surface area contributed by atoms with Crippen molar-refractivity contribution in [2.45, 2.75) is 19.6 Å². The summed E-state index contributed by atoms with van der Waals surface area (Å²) in [7, 11) is 4.46. The number of methoxy groups -OCH3 is 2. The van der Waals surface area contributed by atoms with E-state index in [9.17, 15) is 9.59 Å².